The van der Waals surface area contributed by atoms with Gasteiger partial charge in [0.1, 0.15) is 17.1 Å². The highest BCUT2D eigenvalue weighted by molar-refractivity contribution is 5.97. The lowest BCUT2D eigenvalue weighted by Gasteiger charge is -2.18. The molecule has 0 aromatic heterocycles. The average Bonchev–Trinajstić information content (AvgIpc) is 2.83. The molecule has 0 heterocycles. The topological polar surface area (TPSA) is 87.7 Å². The van der Waals surface area contributed by atoms with E-state index in [1.165, 1.54) is 30.5 Å². The number of aliphatic hydroxyl groups excluding tert-OH is 1. The Balaban J connectivity index is 1.55. The van der Waals surface area contributed by atoms with E-state index in [-0.39, 0.29) is 30.4 Å². The van der Waals surface area contributed by atoms with Crippen LogP contribution in [0.3, 0.4) is 0 Å². The van der Waals surface area contributed by atoms with Gasteiger partial charge in [-0.3, -0.25) is 9.59 Å². The average molecular weight is 455 g/mol. The van der Waals surface area contributed by atoms with Crippen LogP contribution in [-0.2, 0) is 11.2 Å². The molecule has 0 spiro atoms. The van der Waals surface area contributed by atoms with Crippen LogP contribution in [0.15, 0.2) is 60.2 Å². The lowest BCUT2D eigenvalue weighted by atomic mass is 9.97. The number of hydrogen-bond donors (Lipinski definition) is 3. The van der Waals surface area contributed by atoms with Gasteiger partial charge in [-0.15, -0.1) is 0 Å². The lowest BCUT2D eigenvalue weighted by Crippen LogP contribution is -2.39. The van der Waals surface area contributed by atoms with Crippen molar-refractivity contribution in [2.45, 2.75) is 44.6 Å². The second-order valence-electron chi connectivity index (χ2n) is 8.15. The first kappa shape index (κ1) is 24.5. The fourth-order valence-corrected chi connectivity index (χ4v) is 3.85. The standard InChI is InChI=1S/C26H31FN2O4/c27-22-12-7-13-23(33-18-24(31)28-15-14-19-8-3-1-4-9-19)25(22)26(32)29-21(17-30)16-20-10-5-2-6-11-20/h2,5-8,10-13,21,30H,1,3-4,9,14-18H2,(H,28,31)(H,29,32)/t21-/m0/s1. The third-order valence-corrected chi connectivity index (χ3v) is 5.60. The van der Waals surface area contributed by atoms with Gasteiger partial charge in [-0.1, -0.05) is 48.0 Å². The monoisotopic (exact) mass is 454 g/mol. The largest absolute Gasteiger partial charge is 0.483 e. The summed E-state index contributed by atoms with van der Waals surface area (Å²) < 4.78 is 20.0. The van der Waals surface area contributed by atoms with Crippen molar-refractivity contribution in [2.24, 2.45) is 0 Å². The minimum absolute atomic E-state index is 0.0194. The molecule has 0 unspecified atom stereocenters. The molecule has 0 aliphatic heterocycles. The molecular weight excluding hydrogens is 423 g/mol. The van der Waals surface area contributed by atoms with Crippen LogP contribution in [-0.4, -0.2) is 42.7 Å². The Bertz CT molecular complexity index is 962. The number of halogens is 1. The number of carbonyl (C=O) groups excluding carboxylic acids is 2. The quantitative estimate of drug-likeness (QED) is 0.453. The number of rotatable bonds is 11. The number of hydrogen-bond acceptors (Lipinski definition) is 4. The smallest absolute Gasteiger partial charge is 0.258 e. The zero-order chi connectivity index (χ0) is 23.5. The molecule has 1 aliphatic rings. The van der Waals surface area contributed by atoms with E-state index < -0.39 is 17.8 Å². The first-order valence-corrected chi connectivity index (χ1v) is 11.4. The molecule has 6 nitrogen and oxygen atoms in total. The summed E-state index contributed by atoms with van der Waals surface area (Å²) in [7, 11) is 0. The Morgan fingerprint density at radius 1 is 1.09 bits per heavy atom. The van der Waals surface area contributed by atoms with Gasteiger partial charge in [-0.2, -0.15) is 0 Å². The third-order valence-electron chi connectivity index (χ3n) is 5.60. The molecule has 176 valence electrons. The van der Waals surface area contributed by atoms with Gasteiger partial charge >= 0.3 is 0 Å². The fourth-order valence-electron chi connectivity index (χ4n) is 3.85. The van der Waals surface area contributed by atoms with Crippen molar-refractivity contribution in [1.82, 2.24) is 10.6 Å². The van der Waals surface area contributed by atoms with Crippen LogP contribution >= 0.6 is 0 Å². The van der Waals surface area contributed by atoms with Crippen LogP contribution in [0, 0.1) is 5.82 Å². The van der Waals surface area contributed by atoms with E-state index in [9.17, 15) is 19.1 Å². The SMILES string of the molecule is O=C(COc1cccc(F)c1C(=O)N[C@H](CO)Cc1ccccc1)NCCC1=CCCCC1. The first-order chi connectivity index (χ1) is 16.1. The van der Waals surface area contributed by atoms with E-state index >= 15 is 0 Å². The van der Waals surface area contributed by atoms with Crippen LogP contribution in [0.5, 0.6) is 5.75 Å². The van der Waals surface area contributed by atoms with Crippen molar-refractivity contribution in [1.29, 1.82) is 0 Å². The summed E-state index contributed by atoms with van der Waals surface area (Å²) in [6.07, 6.45) is 8.03. The van der Waals surface area contributed by atoms with E-state index in [2.05, 4.69) is 16.7 Å². The van der Waals surface area contributed by atoms with E-state index in [0.717, 1.165) is 30.9 Å². The molecule has 3 N–H and O–H groups in total. The van der Waals surface area contributed by atoms with Gasteiger partial charge in [-0.25, -0.2) is 4.39 Å². The molecule has 2 aromatic rings. The Labute approximate surface area is 193 Å². The van der Waals surface area contributed by atoms with Gasteiger partial charge in [0.2, 0.25) is 0 Å². The summed E-state index contributed by atoms with van der Waals surface area (Å²) in [5.74, 6) is -1.82. The summed E-state index contributed by atoms with van der Waals surface area (Å²) in [4.78, 5) is 25.0. The van der Waals surface area contributed by atoms with Crippen molar-refractivity contribution in [3.05, 3.63) is 77.1 Å². The molecule has 0 bridgehead atoms. The van der Waals surface area contributed by atoms with Gasteiger partial charge in [-0.05, 0) is 56.2 Å². The van der Waals surface area contributed by atoms with Gasteiger partial charge in [0, 0.05) is 6.54 Å². The minimum Gasteiger partial charge on any atom is -0.483 e. The third kappa shape index (κ3) is 7.71. The molecular formula is C26H31FN2O4. The second-order valence-corrected chi connectivity index (χ2v) is 8.15. The zero-order valence-corrected chi connectivity index (χ0v) is 18.7. The predicted octanol–water partition coefficient (Wildman–Crippen LogP) is 3.54. The maximum absolute atomic E-state index is 14.5. The maximum Gasteiger partial charge on any atom is 0.258 e. The number of amides is 2. The van der Waals surface area contributed by atoms with Crippen molar-refractivity contribution in [3.63, 3.8) is 0 Å². The molecule has 0 saturated carbocycles. The molecule has 3 rings (SSSR count). The van der Waals surface area contributed by atoms with E-state index in [0.29, 0.717) is 13.0 Å². The minimum atomic E-state index is -0.758. The van der Waals surface area contributed by atoms with E-state index in [4.69, 9.17) is 4.74 Å². The van der Waals surface area contributed by atoms with Crippen LogP contribution in [0.2, 0.25) is 0 Å². The van der Waals surface area contributed by atoms with E-state index in [1.807, 2.05) is 30.3 Å². The summed E-state index contributed by atoms with van der Waals surface area (Å²) in [6.45, 7) is -0.109. The Hall–Kier alpha value is -3.19. The second kappa shape index (κ2) is 12.7. The highest BCUT2D eigenvalue weighted by atomic mass is 19.1. The Morgan fingerprint density at radius 2 is 1.91 bits per heavy atom. The van der Waals surface area contributed by atoms with Gasteiger partial charge in [0.05, 0.1) is 12.6 Å². The molecule has 2 aromatic carbocycles. The Morgan fingerprint density at radius 3 is 2.64 bits per heavy atom. The molecule has 0 radical (unpaired) electrons. The molecule has 1 aliphatic carbocycles. The zero-order valence-electron chi connectivity index (χ0n) is 18.7. The van der Waals surface area contributed by atoms with Gasteiger partial charge in [0.25, 0.3) is 11.8 Å². The molecule has 33 heavy (non-hydrogen) atoms. The van der Waals surface area contributed by atoms with Crippen LogP contribution in [0.25, 0.3) is 0 Å². The van der Waals surface area contributed by atoms with Crippen molar-refractivity contribution in [3.8, 4) is 5.75 Å². The number of aliphatic hydroxyl groups is 1. The Kier molecular flexibility index (Phi) is 9.44. The summed E-state index contributed by atoms with van der Waals surface area (Å²) >= 11 is 0. The first-order valence-electron chi connectivity index (χ1n) is 11.4. The van der Waals surface area contributed by atoms with Crippen LogP contribution < -0.4 is 15.4 Å². The lowest BCUT2D eigenvalue weighted by molar-refractivity contribution is -0.123. The van der Waals surface area contributed by atoms with Crippen LogP contribution in [0.4, 0.5) is 4.39 Å². The van der Waals surface area contributed by atoms with Gasteiger partial charge < -0.3 is 20.5 Å². The van der Waals surface area contributed by atoms with Crippen molar-refractivity contribution in [2.75, 3.05) is 19.8 Å². The highest BCUT2D eigenvalue weighted by Crippen LogP contribution is 2.22. The molecule has 0 fully saturated rings. The number of ether oxygens (including phenoxy) is 1. The number of nitrogens with one attached hydrogen (secondary N) is 2. The number of allylic oxidation sites excluding steroid dienone is 1. The van der Waals surface area contributed by atoms with Crippen molar-refractivity contribution < 1.29 is 23.8 Å². The van der Waals surface area contributed by atoms with E-state index in [1.54, 1.807) is 0 Å². The summed E-state index contributed by atoms with van der Waals surface area (Å²) in [6, 6.07) is 12.8. The maximum atomic E-state index is 14.5. The van der Waals surface area contributed by atoms with Crippen LogP contribution in [0.1, 0.15) is 48.0 Å². The normalized spacial score (nSPS) is 14.2. The predicted molar refractivity (Wildman–Crippen MR) is 125 cm³/mol. The molecule has 2 amide bonds. The fraction of sp³-hybridized carbons (Fsp3) is 0.385. The molecule has 7 heteroatoms. The van der Waals surface area contributed by atoms with Gasteiger partial charge in [0.15, 0.2) is 6.61 Å². The summed E-state index contributed by atoms with van der Waals surface area (Å²) in [5, 5.41) is 15.1. The highest BCUT2D eigenvalue weighted by Gasteiger charge is 2.21. The van der Waals surface area contributed by atoms with Crippen molar-refractivity contribution >= 4 is 11.8 Å². The molecule has 1 atom stereocenters. The summed E-state index contributed by atoms with van der Waals surface area (Å²) in [5.41, 5.74) is 2.01. The number of carbonyl (C=O) groups is 2. The molecule has 0 saturated heterocycles. The number of benzene rings is 2.